The van der Waals surface area contributed by atoms with Crippen LogP contribution in [0, 0.1) is 0 Å². The summed E-state index contributed by atoms with van der Waals surface area (Å²) >= 11 is 23.0. The van der Waals surface area contributed by atoms with Gasteiger partial charge in [0.1, 0.15) is 0 Å². The van der Waals surface area contributed by atoms with Gasteiger partial charge in [-0.2, -0.15) is 26.3 Å². The molecule has 0 amide bonds. The minimum absolute atomic E-state index is 0.0401. The zero-order chi connectivity index (χ0) is 24.3. The number of halogens is 10. The average molecular weight is 556 g/mol. The number of hydrogen-bond acceptors (Lipinski definition) is 1. The van der Waals surface area contributed by atoms with E-state index in [4.69, 9.17) is 46.4 Å². The second kappa shape index (κ2) is 10.8. The first-order valence-electron chi connectivity index (χ1n) is 8.49. The van der Waals surface area contributed by atoms with Crippen LogP contribution in [0.5, 0.6) is 0 Å². The van der Waals surface area contributed by atoms with Gasteiger partial charge in [-0.15, -0.1) is 0 Å². The smallest absolute Gasteiger partial charge is 0.259 e. The highest BCUT2D eigenvalue weighted by Gasteiger charge is 2.36. The van der Waals surface area contributed by atoms with Gasteiger partial charge in [0, 0.05) is 42.4 Å². The van der Waals surface area contributed by atoms with Crippen LogP contribution < -0.4 is 0 Å². The molecule has 0 heterocycles. The summed E-state index contributed by atoms with van der Waals surface area (Å²) in [6, 6.07) is 6.59. The SMILES string of the molecule is O=S(CC=C(c1cc(Cl)cc(Cl)c1)C(F)(F)F)CC=C(c1cc(Cl)cc(Cl)c1)C(F)(F)F. The van der Waals surface area contributed by atoms with Gasteiger partial charge in [0.25, 0.3) is 0 Å². The molecule has 32 heavy (non-hydrogen) atoms. The van der Waals surface area contributed by atoms with E-state index in [0.29, 0.717) is 12.2 Å². The molecule has 0 N–H and O–H groups in total. The van der Waals surface area contributed by atoms with E-state index in [9.17, 15) is 30.6 Å². The Bertz CT molecular complexity index is 953. The zero-order valence-electron chi connectivity index (χ0n) is 15.6. The van der Waals surface area contributed by atoms with Gasteiger partial charge in [-0.05, 0) is 47.5 Å². The van der Waals surface area contributed by atoms with Crippen LogP contribution in [0.25, 0.3) is 11.1 Å². The molecule has 0 saturated heterocycles. The first-order chi connectivity index (χ1) is 14.7. The topological polar surface area (TPSA) is 17.1 Å². The Morgan fingerprint density at radius 2 is 0.938 bits per heavy atom. The molecule has 0 aromatic heterocycles. The summed E-state index contributed by atoms with van der Waals surface area (Å²) in [6.45, 7) is 0. The molecule has 0 bridgehead atoms. The lowest BCUT2D eigenvalue weighted by Gasteiger charge is -2.14. The van der Waals surface area contributed by atoms with E-state index in [2.05, 4.69) is 0 Å². The average Bonchev–Trinajstić information content (AvgIpc) is 2.58. The molecular weight excluding hydrogens is 544 g/mol. The molecule has 0 spiro atoms. The summed E-state index contributed by atoms with van der Waals surface area (Å²) < 4.78 is 92.9. The van der Waals surface area contributed by atoms with Crippen molar-refractivity contribution in [1.29, 1.82) is 0 Å². The standard InChI is InChI=1S/C20H12Cl4F6OS/c21-13-5-11(6-14(22)9-13)17(19(25,26)27)1-3-32(31)4-2-18(20(28,29)30)12-7-15(23)10-16(24)8-12/h1-2,5-10H,3-4H2. The molecule has 0 saturated carbocycles. The summed E-state index contributed by atoms with van der Waals surface area (Å²) in [4.78, 5) is 0. The minimum atomic E-state index is -4.83. The molecule has 2 aromatic carbocycles. The van der Waals surface area contributed by atoms with E-state index in [0.717, 1.165) is 24.3 Å². The summed E-state index contributed by atoms with van der Waals surface area (Å²) in [5, 5.41) is -0.160. The van der Waals surface area contributed by atoms with E-state index < -0.39 is 45.8 Å². The van der Waals surface area contributed by atoms with Gasteiger partial charge in [-0.1, -0.05) is 58.6 Å². The van der Waals surface area contributed by atoms with E-state index in [1.807, 2.05) is 0 Å². The van der Waals surface area contributed by atoms with Crippen molar-refractivity contribution in [3.8, 4) is 0 Å². The van der Waals surface area contributed by atoms with Crippen molar-refractivity contribution in [3.05, 3.63) is 79.8 Å². The first kappa shape index (κ1) is 27.1. The Hall–Kier alpha value is -1.19. The molecule has 12 heteroatoms. The highest BCUT2D eigenvalue weighted by molar-refractivity contribution is 7.85. The van der Waals surface area contributed by atoms with Crippen LogP contribution in [0.4, 0.5) is 26.3 Å². The third-order valence-corrected chi connectivity index (χ3v) is 5.85. The van der Waals surface area contributed by atoms with Crippen molar-refractivity contribution in [2.45, 2.75) is 12.4 Å². The Morgan fingerprint density at radius 3 is 1.19 bits per heavy atom. The van der Waals surface area contributed by atoms with Gasteiger partial charge in [-0.3, -0.25) is 4.21 Å². The predicted octanol–water partition coefficient (Wildman–Crippen LogP) is 8.64. The summed E-state index contributed by atoms with van der Waals surface area (Å²) in [6.07, 6.45) is -8.39. The summed E-state index contributed by atoms with van der Waals surface area (Å²) in [5.41, 5.74) is -3.02. The Balaban J connectivity index is 2.31. The van der Waals surface area contributed by atoms with Gasteiger partial charge in [0.05, 0.1) is 11.1 Å². The normalized spacial score (nSPS) is 14.6. The lowest BCUT2D eigenvalue weighted by atomic mass is 10.1. The lowest BCUT2D eigenvalue weighted by molar-refractivity contribution is -0.0698. The largest absolute Gasteiger partial charge is 0.416 e. The van der Waals surface area contributed by atoms with E-state index in [1.54, 1.807) is 0 Å². The molecule has 0 fully saturated rings. The molecule has 0 aliphatic heterocycles. The number of alkyl halides is 6. The monoisotopic (exact) mass is 554 g/mol. The summed E-state index contributed by atoms with van der Waals surface area (Å²) in [7, 11) is -2.08. The molecule has 0 aliphatic carbocycles. The molecule has 0 atom stereocenters. The molecule has 2 rings (SSSR count). The Kier molecular flexibility index (Phi) is 9.15. The van der Waals surface area contributed by atoms with Crippen molar-refractivity contribution >= 4 is 68.3 Å². The maximum atomic E-state index is 13.4. The van der Waals surface area contributed by atoms with Gasteiger partial charge in [0.15, 0.2) is 0 Å². The van der Waals surface area contributed by atoms with Crippen LogP contribution in [0.3, 0.4) is 0 Å². The molecule has 2 aromatic rings. The Labute approximate surface area is 202 Å². The second-order valence-electron chi connectivity index (χ2n) is 6.32. The van der Waals surface area contributed by atoms with Crippen LogP contribution in [0.2, 0.25) is 20.1 Å². The summed E-state index contributed by atoms with van der Waals surface area (Å²) in [5.74, 6) is -1.31. The van der Waals surface area contributed by atoms with E-state index >= 15 is 0 Å². The first-order valence-corrected chi connectivity index (χ1v) is 11.5. The van der Waals surface area contributed by atoms with Crippen LogP contribution in [0.1, 0.15) is 11.1 Å². The van der Waals surface area contributed by atoms with Crippen LogP contribution in [0.15, 0.2) is 48.6 Å². The number of allylic oxidation sites excluding steroid dienone is 2. The highest BCUT2D eigenvalue weighted by Crippen LogP contribution is 2.37. The fraction of sp³-hybridized carbons (Fsp3) is 0.200. The molecule has 1 nitrogen and oxygen atoms in total. The number of benzene rings is 2. The molecule has 0 unspecified atom stereocenters. The van der Waals surface area contributed by atoms with Gasteiger partial charge in [0.2, 0.25) is 0 Å². The van der Waals surface area contributed by atoms with Gasteiger partial charge >= 0.3 is 12.4 Å². The lowest BCUT2D eigenvalue weighted by Crippen LogP contribution is -2.14. The number of rotatable bonds is 6. The van der Waals surface area contributed by atoms with Gasteiger partial charge < -0.3 is 0 Å². The fourth-order valence-electron chi connectivity index (χ4n) is 2.63. The molecular formula is C20H12Cl4F6OS. The number of hydrogen-bond donors (Lipinski definition) is 0. The zero-order valence-corrected chi connectivity index (χ0v) is 19.5. The third-order valence-electron chi connectivity index (χ3n) is 3.90. The van der Waals surface area contributed by atoms with Gasteiger partial charge in [-0.25, -0.2) is 0 Å². The Morgan fingerprint density at radius 1 is 0.656 bits per heavy atom. The quantitative estimate of drug-likeness (QED) is 0.326. The van der Waals surface area contributed by atoms with Crippen molar-refractivity contribution in [2.75, 3.05) is 11.5 Å². The van der Waals surface area contributed by atoms with E-state index in [1.165, 1.54) is 12.1 Å². The van der Waals surface area contributed by atoms with Crippen molar-refractivity contribution in [3.63, 3.8) is 0 Å². The van der Waals surface area contributed by atoms with Crippen LogP contribution >= 0.6 is 46.4 Å². The maximum absolute atomic E-state index is 13.4. The fourth-order valence-corrected chi connectivity index (χ4v) is 4.53. The van der Waals surface area contributed by atoms with Crippen molar-refractivity contribution in [1.82, 2.24) is 0 Å². The van der Waals surface area contributed by atoms with Crippen molar-refractivity contribution in [2.24, 2.45) is 0 Å². The van der Waals surface area contributed by atoms with E-state index in [-0.39, 0.29) is 31.2 Å². The molecule has 0 radical (unpaired) electrons. The third kappa shape index (κ3) is 7.99. The van der Waals surface area contributed by atoms with Crippen LogP contribution in [-0.4, -0.2) is 28.1 Å². The predicted molar refractivity (Wildman–Crippen MR) is 119 cm³/mol. The second-order valence-corrected chi connectivity index (χ2v) is 9.61. The molecule has 174 valence electrons. The van der Waals surface area contributed by atoms with Crippen molar-refractivity contribution < 1.29 is 30.6 Å². The highest BCUT2D eigenvalue weighted by atomic mass is 35.5. The molecule has 0 aliphatic rings. The maximum Gasteiger partial charge on any atom is 0.416 e. The minimum Gasteiger partial charge on any atom is -0.259 e. The van der Waals surface area contributed by atoms with Crippen LogP contribution in [-0.2, 0) is 10.8 Å².